The van der Waals surface area contributed by atoms with Crippen molar-refractivity contribution in [3.8, 4) is 11.5 Å². The second-order valence-electron chi connectivity index (χ2n) is 9.29. The summed E-state index contributed by atoms with van der Waals surface area (Å²) in [6.45, 7) is 5.54. The molecular weight excluding hydrogens is 480 g/mol. The SMILES string of the molecule is CCCCOc1ccc(C2/C(=C(\O)c3cccc(OCCCC)c3)C(=O)C(=O)N2Cc2cccnc2)cc1. The van der Waals surface area contributed by atoms with Crippen molar-refractivity contribution in [1.29, 1.82) is 0 Å². The Kier molecular flexibility index (Phi) is 9.14. The lowest BCUT2D eigenvalue weighted by Crippen LogP contribution is -2.29. The zero-order valence-electron chi connectivity index (χ0n) is 21.9. The monoisotopic (exact) mass is 514 g/mol. The number of nitrogens with zero attached hydrogens (tertiary/aromatic N) is 2. The first-order chi connectivity index (χ1) is 18.5. The number of pyridine rings is 1. The number of hydrogen-bond acceptors (Lipinski definition) is 6. The zero-order chi connectivity index (χ0) is 26.9. The lowest BCUT2D eigenvalue weighted by Gasteiger charge is -2.25. The van der Waals surface area contributed by atoms with E-state index >= 15 is 0 Å². The standard InChI is InChI=1S/C31H34N2O5/c1-3-5-17-37-25-14-12-23(13-15-25)28-27(29(34)24-10-7-11-26(19-24)38-18-6-4-2)30(35)31(36)33(28)21-22-9-8-16-32-20-22/h7-16,19-20,28,34H,3-6,17-18,21H2,1-2H3/b29-27+. The van der Waals surface area contributed by atoms with Crippen LogP contribution in [0, 0.1) is 0 Å². The van der Waals surface area contributed by atoms with E-state index in [2.05, 4.69) is 18.8 Å². The molecule has 1 aliphatic heterocycles. The minimum atomic E-state index is -0.774. The first-order valence-corrected chi connectivity index (χ1v) is 13.2. The molecule has 7 nitrogen and oxygen atoms in total. The molecule has 3 aromatic rings. The van der Waals surface area contributed by atoms with Crippen molar-refractivity contribution in [2.75, 3.05) is 13.2 Å². The molecule has 1 atom stereocenters. The number of unbranched alkanes of at least 4 members (excludes halogenated alkanes) is 2. The molecule has 1 fully saturated rings. The maximum atomic E-state index is 13.4. The predicted octanol–water partition coefficient (Wildman–Crippen LogP) is 6.06. The van der Waals surface area contributed by atoms with Gasteiger partial charge >= 0.3 is 0 Å². The van der Waals surface area contributed by atoms with Gasteiger partial charge < -0.3 is 19.5 Å². The van der Waals surface area contributed by atoms with Gasteiger partial charge in [0.05, 0.1) is 24.8 Å². The highest BCUT2D eigenvalue weighted by atomic mass is 16.5. The van der Waals surface area contributed by atoms with Gasteiger partial charge in [-0.05, 0) is 54.3 Å². The van der Waals surface area contributed by atoms with Crippen LogP contribution in [0.5, 0.6) is 11.5 Å². The summed E-state index contributed by atoms with van der Waals surface area (Å²) in [4.78, 5) is 32.3. The first kappa shape index (κ1) is 26.9. The minimum absolute atomic E-state index is 0.0456. The third kappa shape index (κ3) is 6.22. The highest BCUT2D eigenvalue weighted by Crippen LogP contribution is 2.41. The highest BCUT2D eigenvalue weighted by molar-refractivity contribution is 6.46. The van der Waals surface area contributed by atoms with Crippen molar-refractivity contribution in [1.82, 2.24) is 9.88 Å². The smallest absolute Gasteiger partial charge is 0.295 e. The van der Waals surface area contributed by atoms with Gasteiger partial charge in [-0.15, -0.1) is 0 Å². The molecule has 1 aromatic heterocycles. The number of amides is 1. The second-order valence-corrected chi connectivity index (χ2v) is 9.29. The van der Waals surface area contributed by atoms with Gasteiger partial charge in [0.2, 0.25) is 0 Å². The fourth-order valence-electron chi connectivity index (χ4n) is 4.38. The van der Waals surface area contributed by atoms with Crippen LogP contribution in [0.2, 0.25) is 0 Å². The molecule has 0 bridgehead atoms. The number of aromatic nitrogens is 1. The Morgan fingerprint density at radius 1 is 0.921 bits per heavy atom. The summed E-state index contributed by atoms with van der Waals surface area (Å²) in [6, 6.07) is 17.2. The predicted molar refractivity (Wildman–Crippen MR) is 146 cm³/mol. The molecule has 1 aliphatic rings. The molecule has 38 heavy (non-hydrogen) atoms. The minimum Gasteiger partial charge on any atom is -0.507 e. The van der Waals surface area contributed by atoms with E-state index in [1.807, 2.05) is 36.4 Å². The van der Waals surface area contributed by atoms with Crippen molar-refractivity contribution in [2.24, 2.45) is 0 Å². The lowest BCUT2D eigenvalue weighted by atomic mass is 9.95. The van der Waals surface area contributed by atoms with Crippen LogP contribution >= 0.6 is 0 Å². The summed E-state index contributed by atoms with van der Waals surface area (Å²) >= 11 is 0. The number of carbonyl (C=O) groups is 2. The molecule has 198 valence electrons. The summed E-state index contributed by atoms with van der Waals surface area (Å²) < 4.78 is 11.6. The van der Waals surface area contributed by atoms with Gasteiger partial charge in [0.15, 0.2) is 0 Å². The Morgan fingerprint density at radius 3 is 2.29 bits per heavy atom. The lowest BCUT2D eigenvalue weighted by molar-refractivity contribution is -0.140. The summed E-state index contributed by atoms with van der Waals surface area (Å²) in [7, 11) is 0. The Hall–Kier alpha value is -4.13. The van der Waals surface area contributed by atoms with Crippen LogP contribution < -0.4 is 9.47 Å². The number of likely N-dealkylation sites (tertiary alicyclic amines) is 1. The Morgan fingerprint density at radius 2 is 1.63 bits per heavy atom. The average molecular weight is 515 g/mol. The van der Waals surface area contributed by atoms with Gasteiger partial charge in [0.25, 0.3) is 11.7 Å². The summed E-state index contributed by atoms with van der Waals surface area (Å²) in [5, 5.41) is 11.4. The quantitative estimate of drug-likeness (QED) is 0.137. The molecule has 1 unspecified atom stereocenters. The number of aliphatic hydroxyl groups is 1. The maximum absolute atomic E-state index is 13.4. The molecule has 4 rings (SSSR count). The Balaban J connectivity index is 1.73. The third-order valence-corrected chi connectivity index (χ3v) is 6.45. The first-order valence-electron chi connectivity index (χ1n) is 13.2. The van der Waals surface area contributed by atoms with E-state index < -0.39 is 17.7 Å². The largest absolute Gasteiger partial charge is 0.507 e. The van der Waals surface area contributed by atoms with E-state index in [9.17, 15) is 14.7 Å². The Labute approximate surface area is 223 Å². The van der Waals surface area contributed by atoms with Crippen LogP contribution in [0.25, 0.3) is 5.76 Å². The number of carbonyl (C=O) groups excluding carboxylic acids is 2. The van der Waals surface area contributed by atoms with E-state index in [0.717, 1.165) is 31.2 Å². The summed E-state index contributed by atoms with van der Waals surface area (Å²) in [5.74, 6) is -0.317. The number of ketones is 1. The number of ether oxygens (including phenoxy) is 2. The van der Waals surface area contributed by atoms with E-state index in [1.54, 1.807) is 36.7 Å². The molecule has 0 spiro atoms. The van der Waals surface area contributed by atoms with Crippen molar-refractivity contribution in [3.63, 3.8) is 0 Å². The fourth-order valence-corrected chi connectivity index (χ4v) is 4.38. The van der Waals surface area contributed by atoms with Crippen LogP contribution in [0.1, 0.15) is 62.3 Å². The number of benzene rings is 2. The number of rotatable bonds is 12. The van der Waals surface area contributed by atoms with Gasteiger partial charge in [0.1, 0.15) is 17.3 Å². The van der Waals surface area contributed by atoms with Crippen LogP contribution in [0.15, 0.2) is 78.6 Å². The maximum Gasteiger partial charge on any atom is 0.295 e. The van der Waals surface area contributed by atoms with E-state index in [4.69, 9.17) is 9.47 Å². The molecule has 1 N–H and O–H groups in total. The molecule has 0 saturated carbocycles. The zero-order valence-corrected chi connectivity index (χ0v) is 21.9. The Bertz CT molecular complexity index is 1270. The van der Waals surface area contributed by atoms with Crippen molar-refractivity contribution < 1.29 is 24.2 Å². The number of aliphatic hydroxyl groups excluding tert-OH is 1. The molecular formula is C31H34N2O5. The average Bonchev–Trinajstić information content (AvgIpc) is 3.19. The van der Waals surface area contributed by atoms with Gasteiger partial charge in [0, 0.05) is 24.5 Å². The number of hydrogen-bond donors (Lipinski definition) is 1. The molecule has 2 aromatic carbocycles. The topological polar surface area (TPSA) is 89.0 Å². The third-order valence-electron chi connectivity index (χ3n) is 6.45. The molecule has 1 saturated heterocycles. The normalized spacial score (nSPS) is 16.6. The van der Waals surface area contributed by atoms with Crippen molar-refractivity contribution in [2.45, 2.75) is 52.1 Å². The molecule has 0 aliphatic carbocycles. The van der Waals surface area contributed by atoms with Gasteiger partial charge in [-0.25, -0.2) is 0 Å². The molecule has 0 radical (unpaired) electrons. The van der Waals surface area contributed by atoms with Gasteiger partial charge in [-0.1, -0.05) is 57.0 Å². The van der Waals surface area contributed by atoms with E-state index in [1.165, 1.54) is 4.90 Å². The fraction of sp³-hybridized carbons (Fsp3) is 0.323. The number of Topliss-reactive ketones (excluding diaryl/α,β-unsaturated/α-hetero) is 1. The van der Waals surface area contributed by atoms with Crippen LogP contribution in [-0.4, -0.2) is 39.9 Å². The molecule has 1 amide bonds. The van der Waals surface area contributed by atoms with E-state index in [-0.39, 0.29) is 17.9 Å². The molecule has 7 heteroatoms. The van der Waals surface area contributed by atoms with Crippen LogP contribution in [-0.2, 0) is 16.1 Å². The van der Waals surface area contributed by atoms with Crippen molar-refractivity contribution >= 4 is 17.4 Å². The van der Waals surface area contributed by atoms with Gasteiger partial charge in [-0.3, -0.25) is 14.6 Å². The van der Waals surface area contributed by atoms with Crippen LogP contribution in [0.3, 0.4) is 0 Å². The van der Waals surface area contributed by atoms with Crippen LogP contribution in [0.4, 0.5) is 0 Å². The van der Waals surface area contributed by atoms with Gasteiger partial charge in [-0.2, -0.15) is 0 Å². The highest BCUT2D eigenvalue weighted by Gasteiger charge is 2.46. The summed E-state index contributed by atoms with van der Waals surface area (Å²) in [6.07, 6.45) is 7.22. The van der Waals surface area contributed by atoms with E-state index in [0.29, 0.717) is 35.8 Å². The second kappa shape index (κ2) is 12.9. The summed E-state index contributed by atoms with van der Waals surface area (Å²) in [5.41, 5.74) is 1.95. The van der Waals surface area contributed by atoms with Crippen molar-refractivity contribution in [3.05, 3.63) is 95.3 Å². The molecule has 2 heterocycles.